The number of halogens is 1. The van der Waals surface area contributed by atoms with Crippen LogP contribution in [0.25, 0.3) is 0 Å². The average Bonchev–Trinajstić information content (AvgIpc) is 2.56. The summed E-state index contributed by atoms with van der Waals surface area (Å²) in [5, 5.41) is 4.01. The smallest absolute Gasteiger partial charge is 0.201 e. The summed E-state index contributed by atoms with van der Waals surface area (Å²) in [5.74, 6) is -0.0561. The van der Waals surface area contributed by atoms with Crippen molar-refractivity contribution in [1.29, 1.82) is 0 Å². The standard InChI is InChI=1S/C10H16BrN3O/c1-4-10(12,5-2)9(15)8-7(11)6-13-14(8)3/h6H,4-5,12H2,1-3H3. The largest absolute Gasteiger partial charge is 0.319 e. The van der Waals surface area contributed by atoms with Crippen molar-refractivity contribution in [2.24, 2.45) is 12.8 Å². The van der Waals surface area contributed by atoms with Crippen LogP contribution in [0, 0.1) is 0 Å². The van der Waals surface area contributed by atoms with Gasteiger partial charge < -0.3 is 5.73 Å². The molecule has 1 aromatic heterocycles. The van der Waals surface area contributed by atoms with Gasteiger partial charge in [0, 0.05) is 7.05 Å². The molecule has 1 rings (SSSR count). The van der Waals surface area contributed by atoms with Gasteiger partial charge in [-0.3, -0.25) is 9.48 Å². The minimum Gasteiger partial charge on any atom is -0.319 e. The number of nitrogens with zero attached hydrogens (tertiary/aromatic N) is 2. The van der Waals surface area contributed by atoms with Crippen molar-refractivity contribution >= 4 is 21.7 Å². The van der Waals surface area contributed by atoms with E-state index in [1.165, 1.54) is 0 Å². The van der Waals surface area contributed by atoms with E-state index in [1.807, 2.05) is 13.8 Å². The number of carbonyl (C=O) groups is 1. The van der Waals surface area contributed by atoms with Gasteiger partial charge in [0.15, 0.2) is 0 Å². The maximum Gasteiger partial charge on any atom is 0.201 e. The summed E-state index contributed by atoms with van der Waals surface area (Å²) in [6.45, 7) is 3.84. The third-order valence-corrected chi connectivity index (χ3v) is 3.40. The molecule has 0 aliphatic carbocycles. The van der Waals surface area contributed by atoms with E-state index in [-0.39, 0.29) is 5.78 Å². The first-order chi connectivity index (χ1) is 6.96. The Bertz CT molecular complexity index is 349. The molecule has 0 saturated carbocycles. The van der Waals surface area contributed by atoms with E-state index in [4.69, 9.17) is 5.73 Å². The first-order valence-corrected chi connectivity index (χ1v) is 5.76. The number of hydrogen-bond acceptors (Lipinski definition) is 3. The molecule has 0 radical (unpaired) electrons. The fraction of sp³-hybridized carbons (Fsp3) is 0.600. The van der Waals surface area contributed by atoms with Gasteiger partial charge in [0.1, 0.15) is 5.69 Å². The van der Waals surface area contributed by atoms with Gasteiger partial charge in [-0.05, 0) is 28.8 Å². The van der Waals surface area contributed by atoms with Crippen molar-refractivity contribution < 1.29 is 4.79 Å². The number of aryl methyl sites for hydroxylation is 1. The molecule has 15 heavy (non-hydrogen) atoms. The Balaban J connectivity index is 3.14. The molecule has 0 fully saturated rings. The van der Waals surface area contributed by atoms with Crippen LogP contribution in [0.1, 0.15) is 37.2 Å². The van der Waals surface area contributed by atoms with Crippen LogP contribution in [-0.2, 0) is 7.05 Å². The lowest BCUT2D eigenvalue weighted by Crippen LogP contribution is -2.47. The van der Waals surface area contributed by atoms with Crippen LogP contribution in [0.2, 0.25) is 0 Å². The molecule has 0 unspecified atom stereocenters. The average molecular weight is 274 g/mol. The SMILES string of the molecule is CCC(N)(CC)C(=O)c1c(Br)cnn1C. The van der Waals surface area contributed by atoms with Crippen molar-refractivity contribution in [3.05, 3.63) is 16.4 Å². The summed E-state index contributed by atoms with van der Waals surface area (Å²) >= 11 is 3.31. The molecule has 1 heterocycles. The minimum atomic E-state index is -0.781. The van der Waals surface area contributed by atoms with Crippen molar-refractivity contribution in [1.82, 2.24) is 9.78 Å². The van der Waals surface area contributed by atoms with E-state index in [0.717, 1.165) is 0 Å². The van der Waals surface area contributed by atoms with Crippen molar-refractivity contribution in [3.8, 4) is 0 Å². The zero-order chi connectivity index (χ0) is 11.6. The Labute approximate surface area is 98.0 Å². The Hall–Kier alpha value is -0.680. The molecule has 4 nitrogen and oxygen atoms in total. The first kappa shape index (κ1) is 12.4. The number of Topliss-reactive ketones (excluding diaryl/α,β-unsaturated/α-hetero) is 1. The molecule has 0 amide bonds. The number of ketones is 1. The second-order valence-electron chi connectivity index (χ2n) is 3.66. The predicted octanol–water partition coefficient (Wildman–Crippen LogP) is 1.88. The zero-order valence-corrected chi connectivity index (χ0v) is 10.8. The number of rotatable bonds is 4. The van der Waals surface area contributed by atoms with E-state index >= 15 is 0 Å². The molecular weight excluding hydrogens is 258 g/mol. The van der Waals surface area contributed by atoms with Crippen LogP contribution in [-0.4, -0.2) is 21.1 Å². The van der Waals surface area contributed by atoms with E-state index in [9.17, 15) is 4.79 Å². The van der Waals surface area contributed by atoms with Crippen molar-refractivity contribution in [3.63, 3.8) is 0 Å². The molecule has 5 heteroatoms. The number of hydrogen-bond donors (Lipinski definition) is 1. The maximum atomic E-state index is 12.2. The van der Waals surface area contributed by atoms with Crippen LogP contribution >= 0.6 is 15.9 Å². The van der Waals surface area contributed by atoms with Gasteiger partial charge in [0.25, 0.3) is 0 Å². The summed E-state index contributed by atoms with van der Waals surface area (Å²) < 4.78 is 2.26. The minimum absolute atomic E-state index is 0.0561. The van der Waals surface area contributed by atoms with Crippen molar-refractivity contribution in [2.75, 3.05) is 0 Å². The molecular formula is C10H16BrN3O. The Morgan fingerprint density at radius 1 is 1.60 bits per heavy atom. The van der Waals surface area contributed by atoms with Gasteiger partial charge >= 0.3 is 0 Å². The first-order valence-electron chi connectivity index (χ1n) is 4.97. The Morgan fingerprint density at radius 3 is 2.47 bits per heavy atom. The summed E-state index contributed by atoms with van der Waals surface area (Å²) in [4.78, 5) is 12.2. The Morgan fingerprint density at radius 2 is 2.13 bits per heavy atom. The lowest BCUT2D eigenvalue weighted by molar-refractivity contribution is 0.0868. The van der Waals surface area contributed by atoms with Gasteiger partial charge in [-0.15, -0.1) is 0 Å². The molecule has 0 spiro atoms. The van der Waals surface area contributed by atoms with E-state index in [0.29, 0.717) is 23.0 Å². The predicted molar refractivity (Wildman–Crippen MR) is 62.7 cm³/mol. The normalized spacial score (nSPS) is 11.8. The highest BCUT2D eigenvalue weighted by Gasteiger charge is 2.33. The molecule has 0 aliphatic heterocycles. The fourth-order valence-electron chi connectivity index (χ4n) is 1.47. The van der Waals surface area contributed by atoms with E-state index in [1.54, 1.807) is 17.9 Å². The lowest BCUT2D eigenvalue weighted by Gasteiger charge is -2.24. The van der Waals surface area contributed by atoms with Gasteiger partial charge in [0.05, 0.1) is 16.2 Å². The quantitative estimate of drug-likeness (QED) is 0.853. The molecule has 1 aromatic rings. The maximum absolute atomic E-state index is 12.2. The molecule has 0 atom stereocenters. The third-order valence-electron chi connectivity index (χ3n) is 2.82. The summed E-state index contributed by atoms with van der Waals surface area (Å²) in [5.41, 5.74) is 5.82. The Kier molecular flexibility index (Phi) is 3.67. The second-order valence-corrected chi connectivity index (χ2v) is 4.51. The van der Waals surface area contributed by atoms with Crippen LogP contribution in [0.3, 0.4) is 0 Å². The van der Waals surface area contributed by atoms with Gasteiger partial charge in [-0.1, -0.05) is 13.8 Å². The summed E-state index contributed by atoms with van der Waals surface area (Å²) in [7, 11) is 1.74. The van der Waals surface area contributed by atoms with Gasteiger partial charge in [0.2, 0.25) is 5.78 Å². The van der Waals surface area contributed by atoms with Crippen LogP contribution in [0.5, 0.6) is 0 Å². The van der Waals surface area contributed by atoms with Gasteiger partial charge in [-0.25, -0.2) is 0 Å². The highest BCUT2D eigenvalue weighted by molar-refractivity contribution is 9.10. The number of aromatic nitrogens is 2. The third kappa shape index (κ3) is 2.13. The van der Waals surface area contributed by atoms with E-state index in [2.05, 4.69) is 21.0 Å². The highest BCUT2D eigenvalue weighted by atomic mass is 79.9. The van der Waals surface area contributed by atoms with Crippen LogP contribution in [0.4, 0.5) is 0 Å². The lowest BCUT2D eigenvalue weighted by atomic mass is 9.87. The topological polar surface area (TPSA) is 60.9 Å². The number of carbonyl (C=O) groups excluding carboxylic acids is 1. The molecule has 2 N–H and O–H groups in total. The summed E-state index contributed by atoms with van der Waals surface area (Å²) in [6.07, 6.45) is 2.86. The fourth-order valence-corrected chi connectivity index (χ4v) is 2.00. The van der Waals surface area contributed by atoms with Crippen LogP contribution < -0.4 is 5.73 Å². The summed E-state index contributed by atoms with van der Waals surface area (Å²) in [6, 6.07) is 0. The molecule has 84 valence electrons. The zero-order valence-electron chi connectivity index (χ0n) is 9.25. The molecule has 0 aromatic carbocycles. The van der Waals surface area contributed by atoms with Gasteiger partial charge in [-0.2, -0.15) is 5.10 Å². The van der Waals surface area contributed by atoms with Crippen LogP contribution in [0.15, 0.2) is 10.7 Å². The second kappa shape index (κ2) is 4.45. The van der Waals surface area contributed by atoms with E-state index < -0.39 is 5.54 Å². The monoisotopic (exact) mass is 273 g/mol. The molecule has 0 bridgehead atoms. The number of nitrogens with two attached hydrogens (primary N) is 1. The highest BCUT2D eigenvalue weighted by Crippen LogP contribution is 2.23. The molecule has 0 aliphatic rings. The van der Waals surface area contributed by atoms with Crippen molar-refractivity contribution in [2.45, 2.75) is 32.2 Å². The molecule has 0 saturated heterocycles.